The number of carbonyl (C=O) groups excluding carboxylic acids is 3. The first kappa shape index (κ1) is 28.7. The molecule has 40 heavy (non-hydrogen) atoms. The van der Waals surface area contributed by atoms with Crippen LogP contribution < -0.4 is 16.0 Å². The maximum absolute atomic E-state index is 13.4. The van der Waals surface area contributed by atoms with Crippen LogP contribution >= 0.6 is 23.4 Å². The van der Waals surface area contributed by atoms with Gasteiger partial charge in [-0.3, -0.25) is 14.4 Å². The van der Waals surface area contributed by atoms with E-state index in [-0.39, 0.29) is 16.9 Å². The first-order chi connectivity index (χ1) is 19.3. The molecule has 1 unspecified atom stereocenters. The zero-order valence-electron chi connectivity index (χ0n) is 22.0. The maximum Gasteiger partial charge on any atom is 0.272 e. The molecule has 3 N–H and O–H groups in total. The second-order valence-electron chi connectivity index (χ2n) is 8.95. The molecule has 0 heterocycles. The fourth-order valence-corrected chi connectivity index (χ4v) is 4.86. The summed E-state index contributed by atoms with van der Waals surface area (Å²) in [5.41, 5.74) is 3.30. The smallest absolute Gasteiger partial charge is 0.272 e. The SMILES string of the molecule is Cc1ccccc1NC(=O)C(C)Sc1cccc(NC(=O)/C(=C\c2ccccc2Cl)NC(=O)c2ccccc2)c1. The van der Waals surface area contributed by atoms with Crippen molar-refractivity contribution in [2.75, 3.05) is 10.6 Å². The molecule has 0 saturated heterocycles. The van der Waals surface area contributed by atoms with Gasteiger partial charge in [-0.25, -0.2) is 0 Å². The van der Waals surface area contributed by atoms with Gasteiger partial charge in [-0.2, -0.15) is 0 Å². The molecule has 0 aliphatic heterocycles. The Morgan fingerprint density at radius 1 is 0.825 bits per heavy atom. The molecule has 4 rings (SSSR count). The predicted molar refractivity (Wildman–Crippen MR) is 164 cm³/mol. The number of rotatable bonds is 9. The number of thioether (sulfide) groups is 1. The molecule has 8 heteroatoms. The summed E-state index contributed by atoms with van der Waals surface area (Å²) < 4.78 is 0. The lowest BCUT2D eigenvalue weighted by Crippen LogP contribution is -2.30. The lowest BCUT2D eigenvalue weighted by Gasteiger charge is -2.15. The van der Waals surface area contributed by atoms with Gasteiger partial charge in [0.2, 0.25) is 5.91 Å². The number of hydrogen-bond donors (Lipinski definition) is 3. The summed E-state index contributed by atoms with van der Waals surface area (Å²) in [4.78, 5) is 39.8. The molecule has 4 aromatic carbocycles. The highest BCUT2D eigenvalue weighted by Gasteiger charge is 2.18. The van der Waals surface area contributed by atoms with Gasteiger partial charge >= 0.3 is 0 Å². The molecule has 4 aromatic rings. The summed E-state index contributed by atoms with van der Waals surface area (Å²) in [6, 6.07) is 30.5. The van der Waals surface area contributed by atoms with Crippen molar-refractivity contribution in [1.29, 1.82) is 0 Å². The number of para-hydroxylation sites is 1. The van der Waals surface area contributed by atoms with Crippen molar-refractivity contribution in [2.24, 2.45) is 0 Å². The van der Waals surface area contributed by atoms with Crippen LogP contribution in [0, 0.1) is 6.92 Å². The summed E-state index contributed by atoms with van der Waals surface area (Å²) >= 11 is 7.69. The molecular formula is C32H28ClN3O3S. The molecule has 1 atom stereocenters. The van der Waals surface area contributed by atoms with E-state index in [0.29, 0.717) is 21.8 Å². The largest absolute Gasteiger partial charge is 0.325 e. The highest BCUT2D eigenvalue weighted by Crippen LogP contribution is 2.27. The number of hydrogen-bond acceptors (Lipinski definition) is 4. The molecule has 0 bridgehead atoms. The Bertz CT molecular complexity index is 1560. The van der Waals surface area contributed by atoms with E-state index in [1.54, 1.807) is 66.7 Å². The fourth-order valence-electron chi connectivity index (χ4n) is 3.74. The maximum atomic E-state index is 13.4. The zero-order valence-corrected chi connectivity index (χ0v) is 23.6. The average Bonchev–Trinajstić information content (AvgIpc) is 2.95. The van der Waals surface area contributed by atoms with Gasteiger partial charge < -0.3 is 16.0 Å². The van der Waals surface area contributed by atoms with Gasteiger partial charge in [0.05, 0.1) is 5.25 Å². The Morgan fingerprint density at radius 2 is 1.52 bits per heavy atom. The fraction of sp³-hybridized carbons (Fsp3) is 0.0938. The van der Waals surface area contributed by atoms with E-state index in [4.69, 9.17) is 11.6 Å². The van der Waals surface area contributed by atoms with Crippen molar-refractivity contribution in [1.82, 2.24) is 5.32 Å². The molecule has 3 amide bonds. The van der Waals surface area contributed by atoms with Gasteiger partial charge in [-0.1, -0.05) is 72.3 Å². The van der Waals surface area contributed by atoms with Crippen LogP contribution in [0.2, 0.25) is 5.02 Å². The van der Waals surface area contributed by atoms with Gasteiger partial charge in [0.15, 0.2) is 0 Å². The molecular weight excluding hydrogens is 542 g/mol. The van der Waals surface area contributed by atoms with E-state index >= 15 is 0 Å². The van der Waals surface area contributed by atoms with E-state index in [2.05, 4.69) is 16.0 Å². The van der Waals surface area contributed by atoms with Gasteiger partial charge in [0, 0.05) is 26.9 Å². The van der Waals surface area contributed by atoms with Crippen LogP contribution in [0.5, 0.6) is 0 Å². The Balaban J connectivity index is 1.49. The monoisotopic (exact) mass is 569 g/mol. The molecule has 202 valence electrons. The number of amides is 3. The van der Waals surface area contributed by atoms with E-state index < -0.39 is 11.8 Å². The van der Waals surface area contributed by atoms with Crippen molar-refractivity contribution in [2.45, 2.75) is 24.0 Å². The summed E-state index contributed by atoms with van der Waals surface area (Å²) in [7, 11) is 0. The van der Waals surface area contributed by atoms with Gasteiger partial charge in [0.1, 0.15) is 5.70 Å². The highest BCUT2D eigenvalue weighted by atomic mass is 35.5. The van der Waals surface area contributed by atoms with Crippen LogP contribution in [0.4, 0.5) is 11.4 Å². The average molecular weight is 570 g/mol. The standard InChI is InChI=1S/C32H28ClN3O3S/c1-21-11-6-9-18-28(21)35-30(37)22(2)40-26-16-10-15-25(20-26)34-32(39)29(19-24-14-7-8-17-27(24)33)36-31(38)23-12-4-3-5-13-23/h3-20,22H,1-2H3,(H,34,39)(H,35,37)(H,36,38)/b29-19+. The van der Waals surface area contributed by atoms with E-state index in [1.807, 2.05) is 50.2 Å². The van der Waals surface area contributed by atoms with Crippen LogP contribution in [0.25, 0.3) is 6.08 Å². The molecule has 0 aliphatic carbocycles. The van der Waals surface area contributed by atoms with Gasteiger partial charge in [0.25, 0.3) is 11.8 Å². The molecule has 0 radical (unpaired) electrons. The molecule has 0 aliphatic rings. The van der Waals surface area contributed by atoms with E-state index in [1.165, 1.54) is 17.8 Å². The lowest BCUT2D eigenvalue weighted by molar-refractivity contribution is -0.115. The van der Waals surface area contributed by atoms with Crippen LogP contribution in [-0.4, -0.2) is 23.0 Å². The molecule has 0 spiro atoms. The summed E-state index contributed by atoms with van der Waals surface area (Å²) in [6.07, 6.45) is 1.54. The van der Waals surface area contributed by atoms with E-state index in [0.717, 1.165) is 16.1 Å². The van der Waals surface area contributed by atoms with Crippen molar-refractivity contribution in [3.8, 4) is 0 Å². The van der Waals surface area contributed by atoms with Crippen molar-refractivity contribution >= 4 is 58.5 Å². The second kappa shape index (κ2) is 13.6. The molecule has 6 nitrogen and oxygen atoms in total. The minimum Gasteiger partial charge on any atom is -0.325 e. The number of aryl methyl sites for hydroxylation is 1. The number of anilines is 2. The van der Waals surface area contributed by atoms with Crippen LogP contribution in [-0.2, 0) is 9.59 Å². The minimum absolute atomic E-state index is 0.0333. The first-order valence-electron chi connectivity index (χ1n) is 12.6. The topological polar surface area (TPSA) is 87.3 Å². The van der Waals surface area contributed by atoms with E-state index in [9.17, 15) is 14.4 Å². The van der Waals surface area contributed by atoms with Crippen LogP contribution in [0.3, 0.4) is 0 Å². The van der Waals surface area contributed by atoms with Crippen molar-refractivity contribution in [3.05, 3.63) is 131 Å². The third kappa shape index (κ3) is 7.85. The Hall–Kier alpha value is -4.33. The third-order valence-corrected chi connectivity index (χ3v) is 7.35. The second-order valence-corrected chi connectivity index (χ2v) is 10.8. The highest BCUT2D eigenvalue weighted by molar-refractivity contribution is 8.00. The van der Waals surface area contributed by atoms with Crippen LogP contribution in [0.15, 0.2) is 114 Å². The molecule has 0 saturated carbocycles. The summed E-state index contributed by atoms with van der Waals surface area (Å²) in [6.45, 7) is 3.77. The summed E-state index contributed by atoms with van der Waals surface area (Å²) in [5.74, 6) is -1.06. The quantitative estimate of drug-likeness (QED) is 0.147. The third-order valence-electron chi connectivity index (χ3n) is 5.91. The Morgan fingerprint density at radius 3 is 2.27 bits per heavy atom. The molecule has 0 fully saturated rings. The predicted octanol–water partition coefficient (Wildman–Crippen LogP) is 7.18. The Labute approximate surface area is 242 Å². The number of nitrogens with one attached hydrogen (secondary N) is 3. The molecule has 0 aromatic heterocycles. The van der Waals surface area contributed by atoms with Gasteiger partial charge in [-0.15, -0.1) is 11.8 Å². The normalized spacial score (nSPS) is 11.8. The van der Waals surface area contributed by atoms with Crippen LogP contribution in [0.1, 0.15) is 28.4 Å². The van der Waals surface area contributed by atoms with Gasteiger partial charge in [-0.05, 0) is 73.5 Å². The number of benzene rings is 4. The minimum atomic E-state index is -0.517. The van der Waals surface area contributed by atoms with Crippen molar-refractivity contribution in [3.63, 3.8) is 0 Å². The number of carbonyl (C=O) groups is 3. The number of halogens is 1. The zero-order chi connectivity index (χ0) is 28.5. The van der Waals surface area contributed by atoms with Crippen molar-refractivity contribution < 1.29 is 14.4 Å². The Kier molecular flexibility index (Phi) is 9.78. The summed E-state index contributed by atoms with van der Waals surface area (Å²) in [5, 5.41) is 8.58. The lowest BCUT2D eigenvalue weighted by atomic mass is 10.1. The first-order valence-corrected chi connectivity index (χ1v) is 13.8.